The number of carboxylic acid groups (broad SMARTS) is 1. The molecule has 77 heavy (non-hydrogen) atoms. The van der Waals surface area contributed by atoms with Crippen LogP contribution in [-0.2, 0) is 33.3 Å². The van der Waals surface area contributed by atoms with E-state index in [1.807, 2.05) is 21.1 Å². The van der Waals surface area contributed by atoms with Gasteiger partial charge in [0.2, 0.25) is 0 Å². The van der Waals surface area contributed by atoms with Gasteiger partial charge in [-0.25, -0.2) is 0 Å². The molecule has 0 aliphatic rings. The molecule has 0 radical (unpaired) electrons. The number of rotatable bonds is 58. The first-order valence-corrected chi connectivity index (χ1v) is 31.7. The Bertz CT molecular complexity index is 1540. The molecule has 0 saturated carbocycles. The number of hydrogen-bond donors (Lipinski definition) is 0. The van der Waals surface area contributed by atoms with Gasteiger partial charge < -0.3 is 33.3 Å². The first-order chi connectivity index (χ1) is 37.6. The van der Waals surface area contributed by atoms with Crippen molar-refractivity contribution in [1.29, 1.82) is 0 Å². The van der Waals surface area contributed by atoms with E-state index < -0.39 is 24.3 Å². The Morgan fingerprint density at radius 3 is 1.10 bits per heavy atom. The number of esters is 2. The number of quaternary nitrogens is 1. The van der Waals surface area contributed by atoms with Gasteiger partial charge >= 0.3 is 11.9 Å². The van der Waals surface area contributed by atoms with Gasteiger partial charge in [0.05, 0.1) is 40.3 Å². The molecule has 0 aromatic carbocycles. The molecule has 0 aromatic heterocycles. The van der Waals surface area contributed by atoms with Crippen LogP contribution < -0.4 is 5.11 Å². The van der Waals surface area contributed by atoms with Crippen molar-refractivity contribution in [3.63, 3.8) is 0 Å². The van der Waals surface area contributed by atoms with E-state index in [1.54, 1.807) is 0 Å². The summed E-state index contributed by atoms with van der Waals surface area (Å²) in [6.45, 7) is 4.64. The summed E-state index contributed by atoms with van der Waals surface area (Å²) in [5.74, 6) is -2.28. The maximum Gasteiger partial charge on any atom is 0.306 e. The van der Waals surface area contributed by atoms with Gasteiger partial charge in [0, 0.05) is 12.8 Å². The van der Waals surface area contributed by atoms with Gasteiger partial charge in [-0.3, -0.25) is 9.59 Å². The summed E-state index contributed by atoms with van der Waals surface area (Å²) >= 11 is 0. The third-order valence-corrected chi connectivity index (χ3v) is 13.6. The SMILES string of the molecule is CC/C=C\C/C=C\C/C=C\C/C=C\C/C=C\CCCCCCCCCCCCCCCC(=O)OC(COC(=O)CCCCCCCCCCCCC/C=C\C/C=C\CCCCCCC)COC(OCC[N+](C)(C)C)C(=O)[O-]. The second-order valence-corrected chi connectivity index (χ2v) is 22.3. The van der Waals surface area contributed by atoms with Crippen LogP contribution in [0, 0.1) is 0 Å². The fraction of sp³-hybridized carbons (Fsp3) is 0.750. The van der Waals surface area contributed by atoms with Crippen molar-refractivity contribution < 1.29 is 42.9 Å². The molecule has 0 fully saturated rings. The van der Waals surface area contributed by atoms with Gasteiger partial charge in [-0.05, 0) is 89.9 Å². The third-order valence-electron chi connectivity index (χ3n) is 13.6. The number of carbonyl (C=O) groups is 3. The minimum absolute atomic E-state index is 0.145. The van der Waals surface area contributed by atoms with E-state index in [-0.39, 0.29) is 38.6 Å². The van der Waals surface area contributed by atoms with E-state index in [4.69, 9.17) is 18.9 Å². The Hall–Kier alpha value is -3.53. The zero-order valence-corrected chi connectivity index (χ0v) is 50.6. The molecule has 2 atom stereocenters. The molecule has 0 spiro atoms. The van der Waals surface area contributed by atoms with Crippen molar-refractivity contribution in [3.8, 4) is 0 Å². The number of aliphatic carboxylic acids is 1. The van der Waals surface area contributed by atoms with Crippen LogP contribution in [-0.4, -0.2) is 82.3 Å². The van der Waals surface area contributed by atoms with Gasteiger partial charge in [0.1, 0.15) is 13.2 Å². The molecule has 0 aliphatic carbocycles. The van der Waals surface area contributed by atoms with Crippen molar-refractivity contribution in [2.75, 3.05) is 47.5 Å². The summed E-state index contributed by atoms with van der Waals surface area (Å²) in [4.78, 5) is 37.4. The lowest BCUT2D eigenvalue weighted by Crippen LogP contribution is -2.44. The molecule has 9 heteroatoms. The number of unbranched alkanes of at least 4 members (excludes halogenated alkanes) is 29. The van der Waals surface area contributed by atoms with Crippen molar-refractivity contribution in [2.45, 2.75) is 283 Å². The molecule has 0 N–H and O–H groups in total. The molecule has 2 unspecified atom stereocenters. The van der Waals surface area contributed by atoms with Crippen LogP contribution >= 0.6 is 0 Å². The van der Waals surface area contributed by atoms with Crippen LogP contribution in [0.2, 0.25) is 0 Å². The van der Waals surface area contributed by atoms with Crippen LogP contribution in [0.4, 0.5) is 0 Å². The van der Waals surface area contributed by atoms with Gasteiger partial charge in [-0.1, -0.05) is 253 Å². The van der Waals surface area contributed by atoms with Crippen LogP contribution in [0.5, 0.6) is 0 Å². The fourth-order valence-corrected chi connectivity index (χ4v) is 8.77. The van der Waals surface area contributed by atoms with Gasteiger partial charge in [0.15, 0.2) is 12.4 Å². The predicted molar refractivity (Wildman–Crippen MR) is 324 cm³/mol. The minimum Gasteiger partial charge on any atom is -0.545 e. The van der Waals surface area contributed by atoms with Crippen molar-refractivity contribution >= 4 is 17.9 Å². The number of ether oxygens (including phenoxy) is 4. The highest BCUT2D eigenvalue weighted by molar-refractivity contribution is 5.70. The second-order valence-electron chi connectivity index (χ2n) is 22.3. The van der Waals surface area contributed by atoms with Crippen molar-refractivity contribution in [3.05, 3.63) is 85.1 Å². The van der Waals surface area contributed by atoms with E-state index in [1.165, 1.54) is 161 Å². The first-order valence-electron chi connectivity index (χ1n) is 31.7. The van der Waals surface area contributed by atoms with Crippen LogP contribution in [0.15, 0.2) is 85.1 Å². The van der Waals surface area contributed by atoms with E-state index in [0.29, 0.717) is 17.4 Å². The normalized spacial score (nSPS) is 13.3. The molecular formula is C68H119NO8. The van der Waals surface area contributed by atoms with E-state index in [0.717, 1.165) is 77.0 Å². The molecule has 0 aliphatic heterocycles. The summed E-state index contributed by atoms with van der Waals surface area (Å²) in [5, 5.41) is 11.8. The summed E-state index contributed by atoms with van der Waals surface area (Å²) < 4.78 is 22.8. The van der Waals surface area contributed by atoms with E-state index in [2.05, 4.69) is 98.9 Å². The lowest BCUT2D eigenvalue weighted by molar-refractivity contribution is -0.870. The van der Waals surface area contributed by atoms with Gasteiger partial charge in [-0.15, -0.1) is 0 Å². The van der Waals surface area contributed by atoms with Crippen LogP contribution in [0.1, 0.15) is 271 Å². The fourth-order valence-electron chi connectivity index (χ4n) is 8.77. The number of carbonyl (C=O) groups excluding carboxylic acids is 3. The van der Waals surface area contributed by atoms with Gasteiger partial charge in [0.25, 0.3) is 0 Å². The average Bonchev–Trinajstić information content (AvgIpc) is 3.40. The Morgan fingerprint density at radius 2 is 0.740 bits per heavy atom. The number of likely N-dealkylation sites (N-methyl/N-ethyl adjacent to an activating group) is 1. The highest BCUT2D eigenvalue weighted by atomic mass is 16.7. The standard InChI is InChI=1S/C68H119NO8/c1-6-8-10-12-14-16-18-20-22-24-26-28-30-31-32-33-34-35-37-39-41-43-45-47-49-51-53-55-57-59-66(71)77-64(63-76-68(67(72)73)74-61-60-69(3,4)5)62-75-65(70)58-56-54-52-50-48-46-44-42-40-38-36-29-27-25-23-21-19-17-15-13-11-9-7-2/h8,10,14,16,19-22,25-28,31-32,64,68H,6-7,9,11-13,15,17-18,23-24,29-30,33-63H2,1-5H3/b10-8-,16-14-,21-19-,22-20-,27-25-,28-26-,32-31-. The van der Waals surface area contributed by atoms with Crippen LogP contribution in [0.3, 0.4) is 0 Å². The Balaban J connectivity index is 4.19. The predicted octanol–water partition coefficient (Wildman–Crippen LogP) is 17.8. The molecular weight excluding hydrogens is 959 g/mol. The lowest BCUT2D eigenvalue weighted by Gasteiger charge is -2.26. The monoisotopic (exact) mass is 1080 g/mol. The largest absolute Gasteiger partial charge is 0.545 e. The Morgan fingerprint density at radius 1 is 0.403 bits per heavy atom. The molecule has 0 rings (SSSR count). The molecule has 0 saturated heterocycles. The van der Waals surface area contributed by atoms with Crippen molar-refractivity contribution in [1.82, 2.24) is 0 Å². The summed E-state index contributed by atoms with van der Waals surface area (Å²) in [5.41, 5.74) is 0. The average molecular weight is 1080 g/mol. The molecule has 444 valence electrons. The van der Waals surface area contributed by atoms with Gasteiger partial charge in [-0.2, -0.15) is 0 Å². The topological polar surface area (TPSA) is 111 Å². The number of hydrogen-bond acceptors (Lipinski definition) is 8. The Kier molecular flexibility index (Phi) is 55.9. The first kappa shape index (κ1) is 73.5. The summed E-state index contributed by atoms with van der Waals surface area (Å²) in [6, 6.07) is 0. The quantitative estimate of drug-likeness (QED) is 0.0195. The van der Waals surface area contributed by atoms with E-state index >= 15 is 0 Å². The molecule has 0 amide bonds. The minimum atomic E-state index is -1.63. The zero-order chi connectivity index (χ0) is 56.2. The maximum absolute atomic E-state index is 12.9. The highest BCUT2D eigenvalue weighted by Gasteiger charge is 2.22. The molecule has 0 aromatic rings. The number of nitrogens with zero attached hydrogens (tertiary/aromatic N) is 1. The summed E-state index contributed by atoms with van der Waals surface area (Å²) in [6.07, 6.45) is 74.9. The Labute approximate surface area is 474 Å². The third kappa shape index (κ3) is 60.0. The molecule has 9 nitrogen and oxygen atoms in total. The molecule has 0 bridgehead atoms. The molecule has 0 heterocycles. The van der Waals surface area contributed by atoms with E-state index in [9.17, 15) is 19.5 Å². The lowest BCUT2D eigenvalue weighted by atomic mass is 10.0. The zero-order valence-electron chi connectivity index (χ0n) is 50.6. The van der Waals surface area contributed by atoms with Crippen LogP contribution in [0.25, 0.3) is 0 Å². The maximum atomic E-state index is 12.9. The van der Waals surface area contributed by atoms with Crippen molar-refractivity contribution in [2.24, 2.45) is 0 Å². The number of allylic oxidation sites excluding steroid dienone is 14. The second kappa shape index (κ2) is 58.6. The highest BCUT2D eigenvalue weighted by Crippen LogP contribution is 2.16. The number of carboxylic acids is 1. The summed E-state index contributed by atoms with van der Waals surface area (Å²) in [7, 11) is 5.93. The smallest absolute Gasteiger partial charge is 0.306 e.